The van der Waals surface area contributed by atoms with E-state index >= 15 is 0 Å². The molecule has 0 bridgehead atoms. The molecule has 80 valence electrons. The van der Waals surface area contributed by atoms with Gasteiger partial charge in [0.2, 0.25) is 5.91 Å². The van der Waals surface area contributed by atoms with E-state index in [1.165, 1.54) is 0 Å². The maximum absolute atomic E-state index is 11.2. The molecule has 2 rings (SSSR count). The highest BCUT2D eigenvalue weighted by molar-refractivity contribution is 5.73. The van der Waals surface area contributed by atoms with E-state index in [0.717, 1.165) is 25.1 Å². The molecule has 1 aliphatic rings. The summed E-state index contributed by atoms with van der Waals surface area (Å²) < 4.78 is 0. The fourth-order valence-corrected chi connectivity index (χ4v) is 2.10. The minimum atomic E-state index is 0.137. The zero-order valence-electron chi connectivity index (χ0n) is 8.81. The molecule has 1 N–H and O–H groups in total. The number of benzene rings is 1. The molecular weight excluding hydrogens is 190 g/mol. The number of carbonyl (C=O) groups excluding carboxylic acids is 1. The molecule has 1 heterocycles. The fraction of sp³-hybridized carbons (Fsp3) is 0.417. The number of amides is 1. The van der Waals surface area contributed by atoms with Gasteiger partial charge in [-0.05, 0) is 24.1 Å². The summed E-state index contributed by atoms with van der Waals surface area (Å²) in [5.74, 6) is 0.812. The summed E-state index contributed by atoms with van der Waals surface area (Å²) in [6, 6.07) is 7.31. The van der Waals surface area contributed by atoms with Gasteiger partial charge < -0.3 is 10.0 Å². The molecule has 1 saturated heterocycles. The third-order valence-corrected chi connectivity index (χ3v) is 2.98. The lowest BCUT2D eigenvalue weighted by Gasteiger charge is -2.14. The molecule has 3 nitrogen and oxygen atoms in total. The topological polar surface area (TPSA) is 40.5 Å². The second kappa shape index (κ2) is 3.93. The standard InChI is InChI=1S/C12H15NO2/c1-9(14)13-6-5-11(8-13)10-3-2-4-12(15)7-10/h2-4,7,11,15H,5-6,8H2,1H3. The summed E-state index contributed by atoms with van der Waals surface area (Å²) in [5, 5.41) is 9.37. The quantitative estimate of drug-likeness (QED) is 0.758. The average molecular weight is 205 g/mol. The Morgan fingerprint density at radius 2 is 2.33 bits per heavy atom. The fourth-order valence-electron chi connectivity index (χ4n) is 2.10. The molecule has 0 saturated carbocycles. The summed E-state index contributed by atoms with van der Waals surface area (Å²) >= 11 is 0. The number of likely N-dealkylation sites (tertiary alicyclic amines) is 1. The van der Waals surface area contributed by atoms with E-state index in [2.05, 4.69) is 0 Å². The Morgan fingerprint density at radius 3 is 2.93 bits per heavy atom. The van der Waals surface area contributed by atoms with Crippen LogP contribution in [0.25, 0.3) is 0 Å². The Labute approximate surface area is 89.3 Å². The van der Waals surface area contributed by atoms with Crippen LogP contribution >= 0.6 is 0 Å². The van der Waals surface area contributed by atoms with Crippen molar-refractivity contribution in [3.8, 4) is 5.75 Å². The van der Waals surface area contributed by atoms with Gasteiger partial charge in [0.25, 0.3) is 0 Å². The molecule has 1 unspecified atom stereocenters. The van der Waals surface area contributed by atoms with Gasteiger partial charge in [0.15, 0.2) is 0 Å². The Kier molecular flexibility index (Phi) is 2.62. The monoisotopic (exact) mass is 205 g/mol. The van der Waals surface area contributed by atoms with Crippen LogP contribution in [0.5, 0.6) is 5.75 Å². The first kappa shape index (κ1) is 10.0. The first-order valence-corrected chi connectivity index (χ1v) is 5.21. The van der Waals surface area contributed by atoms with E-state index in [4.69, 9.17) is 0 Å². The van der Waals surface area contributed by atoms with Crippen molar-refractivity contribution in [2.24, 2.45) is 0 Å². The summed E-state index contributed by atoms with van der Waals surface area (Å²) in [6.45, 7) is 3.21. The van der Waals surface area contributed by atoms with Crippen LogP contribution in [0.2, 0.25) is 0 Å². The minimum Gasteiger partial charge on any atom is -0.508 e. The van der Waals surface area contributed by atoms with E-state index in [-0.39, 0.29) is 5.91 Å². The summed E-state index contributed by atoms with van der Waals surface area (Å²) in [6.07, 6.45) is 0.989. The molecule has 1 atom stereocenters. The average Bonchev–Trinajstić information content (AvgIpc) is 2.66. The highest BCUT2D eigenvalue weighted by atomic mass is 16.3. The van der Waals surface area contributed by atoms with Crippen LogP contribution in [0, 0.1) is 0 Å². The Balaban J connectivity index is 2.11. The lowest BCUT2D eigenvalue weighted by atomic mass is 9.98. The van der Waals surface area contributed by atoms with Gasteiger partial charge >= 0.3 is 0 Å². The van der Waals surface area contributed by atoms with Crippen LogP contribution in [0.4, 0.5) is 0 Å². The molecule has 0 aromatic heterocycles. The second-order valence-electron chi connectivity index (χ2n) is 4.05. The number of hydrogen-bond donors (Lipinski definition) is 1. The van der Waals surface area contributed by atoms with Gasteiger partial charge in [-0.1, -0.05) is 12.1 Å². The third-order valence-electron chi connectivity index (χ3n) is 2.98. The lowest BCUT2D eigenvalue weighted by Crippen LogP contribution is -2.25. The van der Waals surface area contributed by atoms with Gasteiger partial charge in [0.1, 0.15) is 5.75 Å². The number of phenols is 1. The van der Waals surface area contributed by atoms with Crippen molar-refractivity contribution in [3.05, 3.63) is 29.8 Å². The molecule has 1 amide bonds. The SMILES string of the molecule is CC(=O)N1CCC(c2cccc(O)c2)C1. The Hall–Kier alpha value is -1.51. The van der Waals surface area contributed by atoms with Crippen molar-refractivity contribution in [1.29, 1.82) is 0 Å². The highest BCUT2D eigenvalue weighted by Gasteiger charge is 2.25. The smallest absolute Gasteiger partial charge is 0.219 e. The van der Waals surface area contributed by atoms with E-state index in [9.17, 15) is 9.90 Å². The minimum absolute atomic E-state index is 0.137. The zero-order chi connectivity index (χ0) is 10.8. The maximum Gasteiger partial charge on any atom is 0.219 e. The molecule has 0 aliphatic carbocycles. The van der Waals surface area contributed by atoms with Crippen molar-refractivity contribution in [3.63, 3.8) is 0 Å². The van der Waals surface area contributed by atoms with Gasteiger partial charge in [0, 0.05) is 25.9 Å². The summed E-state index contributed by atoms with van der Waals surface area (Å²) in [5.41, 5.74) is 1.12. The Bertz CT molecular complexity index is 376. The molecule has 0 radical (unpaired) electrons. The number of aromatic hydroxyl groups is 1. The van der Waals surface area contributed by atoms with Crippen molar-refractivity contribution in [2.45, 2.75) is 19.3 Å². The van der Waals surface area contributed by atoms with Crippen molar-refractivity contribution in [1.82, 2.24) is 4.90 Å². The van der Waals surface area contributed by atoms with Crippen LogP contribution in [0.1, 0.15) is 24.8 Å². The van der Waals surface area contributed by atoms with E-state index in [0.29, 0.717) is 11.7 Å². The van der Waals surface area contributed by atoms with Crippen molar-refractivity contribution >= 4 is 5.91 Å². The maximum atomic E-state index is 11.2. The van der Waals surface area contributed by atoms with Crippen LogP contribution in [-0.4, -0.2) is 29.0 Å². The van der Waals surface area contributed by atoms with Gasteiger partial charge in [-0.15, -0.1) is 0 Å². The van der Waals surface area contributed by atoms with Crippen LogP contribution in [0.3, 0.4) is 0 Å². The van der Waals surface area contributed by atoms with Gasteiger partial charge in [-0.3, -0.25) is 4.79 Å². The van der Waals surface area contributed by atoms with Gasteiger partial charge in [-0.2, -0.15) is 0 Å². The molecule has 15 heavy (non-hydrogen) atoms. The molecule has 1 aromatic rings. The molecule has 1 aliphatic heterocycles. The normalized spacial score (nSPS) is 20.6. The van der Waals surface area contributed by atoms with Crippen LogP contribution in [-0.2, 0) is 4.79 Å². The number of rotatable bonds is 1. The summed E-state index contributed by atoms with van der Waals surface area (Å²) in [4.78, 5) is 13.0. The molecule has 1 aromatic carbocycles. The Morgan fingerprint density at radius 1 is 1.53 bits per heavy atom. The predicted molar refractivity (Wildman–Crippen MR) is 57.7 cm³/mol. The predicted octanol–water partition coefficient (Wildman–Crippen LogP) is 1.73. The first-order chi connectivity index (χ1) is 7.16. The van der Waals surface area contributed by atoms with E-state index in [1.807, 2.05) is 17.0 Å². The number of nitrogens with zero attached hydrogens (tertiary/aromatic N) is 1. The van der Waals surface area contributed by atoms with Crippen molar-refractivity contribution in [2.75, 3.05) is 13.1 Å². The van der Waals surface area contributed by atoms with Crippen LogP contribution in [0.15, 0.2) is 24.3 Å². The largest absolute Gasteiger partial charge is 0.508 e. The highest BCUT2D eigenvalue weighted by Crippen LogP contribution is 2.28. The second-order valence-corrected chi connectivity index (χ2v) is 4.05. The van der Waals surface area contributed by atoms with Crippen LogP contribution < -0.4 is 0 Å². The first-order valence-electron chi connectivity index (χ1n) is 5.21. The molecule has 0 spiro atoms. The molecule has 1 fully saturated rings. The van der Waals surface area contributed by atoms with Gasteiger partial charge in [-0.25, -0.2) is 0 Å². The van der Waals surface area contributed by atoms with E-state index in [1.54, 1.807) is 19.1 Å². The number of hydrogen-bond acceptors (Lipinski definition) is 2. The van der Waals surface area contributed by atoms with Gasteiger partial charge in [0.05, 0.1) is 0 Å². The van der Waals surface area contributed by atoms with Crippen molar-refractivity contribution < 1.29 is 9.90 Å². The molecule has 3 heteroatoms. The molecular formula is C12H15NO2. The lowest BCUT2D eigenvalue weighted by molar-refractivity contribution is -0.127. The number of phenolic OH excluding ortho intramolecular Hbond substituents is 1. The summed E-state index contributed by atoms with van der Waals surface area (Å²) in [7, 11) is 0. The number of carbonyl (C=O) groups is 1. The third kappa shape index (κ3) is 2.12. The van der Waals surface area contributed by atoms with E-state index < -0.39 is 0 Å². The zero-order valence-corrected chi connectivity index (χ0v) is 8.81.